The first-order chi connectivity index (χ1) is 12.4. The Labute approximate surface area is 153 Å². The van der Waals surface area contributed by atoms with E-state index in [1.807, 2.05) is 0 Å². The monoisotopic (exact) mass is 374 g/mol. The van der Waals surface area contributed by atoms with Crippen LogP contribution in [0.4, 0.5) is 9.18 Å². The summed E-state index contributed by atoms with van der Waals surface area (Å²) in [6.45, 7) is 1.42. The molecule has 0 bridgehead atoms. The molecule has 1 saturated heterocycles. The number of imide groups is 1. The summed E-state index contributed by atoms with van der Waals surface area (Å²) in [6.07, 6.45) is 3.16. The zero-order valence-corrected chi connectivity index (χ0v) is 14.8. The number of carbonyl (C=O) groups excluding carboxylic acids is 3. The number of hydrogen-bond acceptors (Lipinski definition) is 5. The van der Waals surface area contributed by atoms with Gasteiger partial charge in [0, 0.05) is 11.9 Å². The zero-order valence-electron chi connectivity index (χ0n) is 14.0. The average molecular weight is 374 g/mol. The largest absolute Gasteiger partial charge is 0.467 e. The molecule has 1 aliphatic rings. The van der Waals surface area contributed by atoms with Crippen LogP contribution in [0.1, 0.15) is 12.6 Å². The van der Waals surface area contributed by atoms with E-state index in [1.54, 1.807) is 41.1 Å². The number of carbonyl (C=O) groups is 3. The molecule has 2 heterocycles. The van der Waals surface area contributed by atoms with E-state index in [-0.39, 0.29) is 4.91 Å². The molecule has 1 atom stereocenters. The molecule has 1 fully saturated rings. The second-order valence-corrected chi connectivity index (χ2v) is 6.50. The lowest BCUT2D eigenvalue weighted by Gasteiger charge is -2.18. The van der Waals surface area contributed by atoms with Gasteiger partial charge in [-0.3, -0.25) is 14.5 Å². The summed E-state index contributed by atoms with van der Waals surface area (Å²) in [6, 6.07) is 8.62. The molecule has 1 aliphatic heterocycles. The van der Waals surface area contributed by atoms with Crippen molar-refractivity contribution in [3.63, 3.8) is 0 Å². The summed E-state index contributed by atoms with van der Waals surface area (Å²) in [5.74, 6) is -1.67. The summed E-state index contributed by atoms with van der Waals surface area (Å²) in [5, 5.41) is -0.553. The predicted molar refractivity (Wildman–Crippen MR) is 95.0 cm³/mol. The van der Waals surface area contributed by atoms with E-state index in [2.05, 4.69) is 4.74 Å². The Balaban J connectivity index is 1.95. The number of rotatable bonds is 4. The molecule has 2 amide bonds. The van der Waals surface area contributed by atoms with E-state index >= 15 is 0 Å². The quantitative estimate of drug-likeness (QED) is 0.607. The van der Waals surface area contributed by atoms with Crippen molar-refractivity contribution in [1.29, 1.82) is 0 Å². The molecule has 1 aromatic carbocycles. The SMILES string of the molecule is COC(=O)[C@H](C)N1C(=O)S/C(=C/c2cccn2-c2ccccc2F)C1=O. The van der Waals surface area contributed by atoms with Crippen LogP contribution in [0, 0.1) is 5.82 Å². The fourth-order valence-electron chi connectivity index (χ4n) is 2.60. The first-order valence-corrected chi connectivity index (χ1v) is 8.53. The van der Waals surface area contributed by atoms with E-state index in [9.17, 15) is 18.8 Å². The Morgan fingerprint density at radius 2 is 1.96 bits per heavy atom. The van der Waals surface area contributed by atoms with Gasteiger partial charge < -0.3 is 9.30 Å². The zero-order chi connectivity index (χ0) is 18.8. The maximum atomic E-state index is 14.1. The average Bonchev–Trinajstić information content (AvgIpc) is 3.19. The normalized spacial score (nSPS) is 17.0. The van der Waals surface area contributed by atoms with Crippen LogP contribution in [0.3, 0.4) is 0 Å². The van der Waals surface area contributed by atoms with E-state index < -0.39 is 29.0 Å². The summed E-state index contributed by atoms with van der Waals surface area (Å²) in [4.78, 5) is 37.4. The van der Waals surface area contributed by atoms with Crippen molar-refractivity contribution in [1.82, 2.24) is 9.47 Å². The van der Waals surface area contributed by atoms with Crippen molar-refractivity contribution in [3.05, 3.63) is 59.0 Å². The Hall–Kier alpha value is -2.87. The highest BCUT2D eigenvalue weighted by Crippen LogP contribution is 2.34. The number of methoxy groups -OCH3 is 1. The number of benzene rings is 1. The van der Waals surface area contributed by atoms with Crippen LogP contribution in [0.5, 0.6) is 0 Å². The fraction of sp³-hybridized carbons (Fsp3) is 0.167. The van der Waals surface area contributed by atoms with Crippen molar-refractivity contribution in [2.75, 3.05) is 7.11 Å². The van der Waals surface area contributed by atoms with Crippen LogP contribution < -0.4 is 0 Å². The molecular weight excluding hydrogens is 359 g/mol. The summed E-state index contributed by atoms with van der Waals surface area (Å²) >= 11 is 0.728. The third kappa shape index (κ3) is 3.15. The number of thioether (sulfide) groups is 1. The topological polar surface area (TPSA) is 68.6 Å². The second kappa shape index (κ2) is 7.17. The van der Waals surface area contributed by atoms with Gasteiger partial charge in [-0.15, -0.1) is 0 Å². The van der Waals surface area contributed by atoms with Crippen LogP contribution >= 0.6 is 11.8 Å². The van der Waals surface area contributed by atoms with Gasteiger partial charge in [0.05, 0.1) is 17.7 Å². The molecule has 0 saturated carbocycles. The highest BCUT2D eigenvalue weighted by Gasteiger charge is 2.41. The van der Waals surface area contributed by atoms with E-state index in [0.717, 1.165) is 16.7 Å². The molecule has 0 N–H and O–H groups in total. The Morgan fingerprint density at radius 3 is 2.65 bits per heavy atom. The molecule has 3 rings (SSSR count). The van der Waals surface area contributed by atoms with Crippen LogP contribution in [0.25, 0.3) is 11.8 Å². The summed E-state index contributed by atoms with van der Waals surface area (Å²) < 4.78 is 20.2. The minimum atomic E-state index is -1.02. The van der Waals surface area contributed by atoms with Gasteiger partial charge in [0.1, 0.15) is 11.9 Å². The van der Waals surface area contributed by atoms with Crippen LogP contribution in [0.2, 0.25) is 0 Å². The first-order valence-electron chi connectivity index (χ1n) is 7.71. The highest BCUT2D eigenvalue weighted by atomic mass is 32.2. The molecule has 1 aromatic heterocycles. The molecule has 2 aromatic rings. The Kier molecular flexibility index (Phi) is 4.94. The number of amides is 2. The summed E-state index contributed by atoms with van der Waals surface area (Å²) in [5.41, 5.74) is 0.859. The lowest BCUT2D eigenvalue weighted by atomic mass is 10.2. The summed E-state index contributed by atoms with van der Waals surface area (Å²) in [7, 11) is 1.19. The van der Waals surface area contributed by atoms with Gasteiger partial charge in [-0.2, -0.15) is 0 Å². The molecule has 6 nitrogen and oxygen atoms in total. The number of aromatic nitrogens is 1. The van der Waals surface area contributed by atoms with E-state index in [4.69, 9.17) is 0 Å². The molecule has 26 heavy (non-hydrogen) atoms. The number of para-hydroxylation sites is 1. The van der Waals surface area contributed by atoms with E-state index in [1.165, 1.54) is 26.2 Å². The molecule has 134 valence electrons. The standard InChI is InChI=1S/C18H15FN2O4S/c1-11(17(23)25-2)21-16(22)15(26-18(21)24)10-12-6-5-9-20(12)14-8-4-3-7-13(14)19/h3-11H,1-2H3/b15-10+/t11-/m0/s1. The minimum absolute atomic E-state index is 0.155. The van der Waals surface area contributed by atoms with Gasteiger partial charge in [0.25, 0.3) is 11.1 Å². The Morgan fingerprint density at radius 1 is 1.23 bits per heavy atom. The van der Waals surface area contributed by atoms with Gasteiger partial charge in [0.2, 0.25) is 0 Å². The van der Waals surface area contributed by atoms with Gasteiger partial charge in [0.15, 0.2) is 0 Å². The maximum Gasteiger partial charge on any atom is 0.328 e. The molecule has 8 heteroatoms. The van der Waals surface area contributed by atoms with Crippen molar-refractivity contribution in [3.8, 4) is 5.69 Å². The maximum absolute atomic E-state index is 14.1. The molecule has 0 spiro atoms. The van der Waals surface area contributed by atoms with Gasteiger partial charge in [-0.05, 0) is 49.0 Å². The second-order valence-electron chi connectivity index (χ2n) is 5.51. The Bertz CT molecular complexity index is 921. The number of esters is 1. The molecule has 0 unspecified atom stereocenters. The molecule has 0 radical (unpaired) electrons. The van der Waals surface area contributed by atoms with Gasteiger partial charge in [-0.1, -0.05) is 12.1 Å². The van der Waals surface area contributed by atoms with Crippen molar-refractivity contribution < 1.29 is 23.5 Å². The van der Waals surface area contributed by atoms with E-state index in [0.29, 0.717) is 11.4 Å². The lowest BCUT2D eigenvalue weighted by Crippen LogP contribution is -2.42. The van der Waals surface area contributed by atoms with Crippen molar-refractivity contribution >= 4 is 35.0 Å². The third-order valence-corrected chi connectivity index (χ3v) is 4.81. The van der Waals surface area contributed by atoms with Gasteiger partial charge >= 0.3 is 5.97 Å². The molecule has 0 aliphatic carbocycles. The van der Waals surface area contributed by atoms with Gasteiger partial charge in [-0.25, -0.2) is 9.18 Å². The number of ether oxygens (including phenoxy) is 1. The molecular formula is C18H15FN2O4S. The lowest BCUT2D eigenvalue weighted by molar-refractivity contribution is -0.148. The number of halogens is 1. The van der Waals surface area contributed by atoms with Crippen LogP contribution in [-0.4, -0.2) is 39.7 Å². The predicted octanol–water partition coefficient (Wildman–Crippen LogP) is 3.21. The number of nitrogens with zero attached hydrogens (tertiary/aromatic N) is 2. The first kappa shape index (κ1) is 17.9. The highest BCUT2D eigenvalue weighted by molar-refractivity contribution is 8.18. The van der Waals surface area contributed by atoms with Crippen LogP contribution in [-0.2, 0) is 14.3 Å². The minimum Gasteiger partial charge on any atom is -0.467 e. The van der Waals surface area contributed by atoms with Crippen LogP contribution in [0.15, 0.2) is 47.5 Å². The third-order valence-electron chi connectivity index (χ3n) is 3.92. The smallest absolute Gasteiger partial charge is 0.328 e. The number of hydrogen-bond donors (Lipinski definition) is 0. The van der Waals surface area contributed by atoms with Crippen molar-refractivity contribution in [2.45, 2.75) is 13.0 Å². The fourth-order valence-corrected chi connectivity index (χ4v) is 3.50. The van der Waals surface area contributed by atoms with Crippen molar-refractivity contribution in [2.24, 2.45) is 0 Å².